The zero-order valence-electron chi connectivity index (χ0n) is 11.3. The van der Waals surface area contributed by atoms with E-state index >= 15 is 0 Å². The molecule has 1 saturated heterocycles. The van der Waals surface area contributed by atoms with Crippen molar-refractivity contribution in [2.45, 2.75) is 64.6 Å². The molecule has 1 aliphatic rings. The van der Waals surface area contributed by atoms with E-state index in [2.05, 4.69) is 24.5 Å². The minimum absolute atomic E-state index is 0.138. The lowest BCUT2D eigenvalue weighted by atomic mass is 10.1. The van der Waals surface area contributed by atoms with Gasteiger partial charge in [-0.1, -0.05) is 13.8 Å². The first-order valence-electron chi connectivity index (χ1n) is 6.74. The number of hydrogen-bond acceptors (Lipinski definition) is 3. The lowest BCUT2D eigenvalue weighted by Crippen LogP contribution is -2.41. The molecule has 100 valence electrons. The number of nitrogens with one attached hydrogen (secondary N) is 2. The average Bonchev–Trinajstić information content (AvgIpc) is 2.77. The van der Waals surface area contributed by atoms with Gasteiger partial charge >= 0.3 is 0 Å². The van der Waals surface area contributed by atoms with Crippen LogP contribution in [0.3, 0.4) is 0 Å². The highest BCUT2D eigenvalue weighted by Crippen LogP contribution is 2.15. The third-order valence-corrected chi connectivity index (χ3v) is 3.04. The first-order chi connectivity index (χ1) is 8.09. The van der Waals surface area contributed by atoms with Crippen molar-refractivity contribution < 1.29 is 9.53 Å². The van der Waals surface area contributed by atoms with Gasteiger partial charge in [0.2, 0.25) is 5.91 Å². The van der Waals surface area contributed by atoms with Crippen LogP contribution in [0.25, 0.3) is 0 Å². The second-order valence-corrected chi connectivity index (χ2v) is 5.12. The molecular formula is C13H26N2O2. The van der Waals surface area contributed by atoms with E-state index in [1.807, 2.05) is 6.92 Å². The molecule has 4 heteroatoms. The molecule has 0 spiro atoms. The Morgan fingerprint density at radius 1 is 1.41 bits per heavy atom. The summed E-state index contributed by atoms with van der Waals surface area (Å²) in [6.45, 7) is 7.99. The molecule has 0 aromatic rings. The highest BCUT2D eigenvalue weighted by Gasteiger charge is 2.23. The SMILES string of the molecule is CC(C)NCCCC(=O)NC(C)C1CCCO1. The Balaban J connectivity index is 2.07. The maximum atomic E-state index is 11.7. The van der Waals surface area contributed by atoms with Crippen molar-refractivity contribution >= 4 is 5.91 Å². The number of carbonyl (C=O) groups is 1. The lowest BCUT2D eigenvalue weighted by molar-refractivity contribution is -0.122. The van der Waals surface area contributed by atoms with E-state index in [1.54, 1.807) is 0 Å². The second-order valence-electron chi connectivity index (χ2n) is 5.12. The Hall–Kier alpha value is -0.610. The van der Waals surface area contributed by atoms with Crippen LogP contribution in [-0.2, 0) is 9.53 Å². The summed E-state index contributed by atoms with van der Waals surface area (Å²) >= 11 is 0. The minimum Gasteiger partial charge on any atom is -0.376 e. The van der Waals surface area contributed by atoms with Crippen LogP contribution in [0.1, 0.15) is 46.5 Å². The predicted octanol–water partition coefficient (Wildman–Crippen LogP) is 1.45. The summed E-state index contributed by atoms with van der Waals surface area (Å²) in [5, 5.41) is 6.32. The van der Waals surface area contributed by atoms with Crippen LogP contribution in [0.15, 0.2) is 0 Å². The number of amides is 1. The third-order valence-electron chi connectivity index (χ3n) is 3.04. The Morgan fingerprint density at radius 3 is 2.76 bits per heavy atom. The summed E-state index contributed by atoms with van der Waals surface area (Å²) in [6.07, 6.45) is 3.88. The van der Waals surface area contributed by atoms with E-state index in [4.69, 9.17) is 4.74 Å². The smallest absolute Gasteiger partial charge is 0.220 e. The van der Waals surface area contributed by atoms with E-state index < -0.39 is 0 Å². The van der Waals surface area contributed by atoms with Gasteiger partial charge in [0.1, 0.15) is 0 Å². The van der Waals surface area contributed by atoms with Crippen molar-refractivity contribution in [2.75, 3.05) is 13.2 Å². The van der Waals surface area contributed by atoms with Crippen molar-refractivity contribution in [3.63, 3.8) is 0 Å². The van der Waals surface area contributed by atoms with Crippen molar-refractivity contribution in [3.8, 4) is 0 Å². The Labute approximate surface area is 104 Å². The maximum Gasteiger partial charge on any atom is 0.220 e. The number of rotatable bonds is 7. The fourth-order valence-electron chi connectivity index (χ4n) is 2.06. The average molecular weight is 242 g/mol. The van der Waals surface area contributed by atoms with Gasteiger partial charge in [0, 0.05) is 19.1 Å². The number of carbonyl (C=O) groups excluding carboxylic acids is 1. The van der Waals surface area contributed by atoms with E-state index in [0.29, 0.717) is 12.5 Å². The molecule has 2 unspecified atom stereocenters. The molecule has 0 aliphatic carbocycles. The molecule has 1 aliphatic heterocycles. The molecule has 1 fully saturated rings. The Kier molecular flexibility index (Phi) is 6.52. The predicted molar refractivity (Wildman–Crippen MR) is 69.0 cm³/mol. The van der Waals surface area contributed by atoms with Crippen LogP contribution in [0.4, 0.5) is 0 Å². The first-order valence-corrected chi connectivity index (χ1v) is 6.74. The van der Waals surface area contributed by atoms with E-state index in [-0.39, 0.29) is 18.1 Å². The molecule has 1 rings (SSSR count). The zero-order chi connectivity index (χ0) is 12.7. The summed E-state index contributed by atoms with van der Waals surface area (Å²) < 4.78 is 5.55. The topological polar surface area (TPSA) is 50.4 Å². The Bertz CT molecular complexity index is 225. The molecule has 0 aromatic heterocycles. The van der Waals surface area contributed by atoms with Crippen molar-refractivity contribution in [3.05, 3.63) is 0 Å². The highest BCUT2D eigenvalue weighted by atomic mass is 16.5. The number of ether oxygens (including phenoxy) is 1. The van der Waals surface area contributed by atoms with Crippen LogP contribution in [-0.4, -0.2) is 37.2 Å². The standard InChI is InChI=1S/C13H26N2O2/c1-10(2)14-8-4-7-13(16)15-11(3)12-6-5-9-17-12/h10-12,14H,4-9H2,1-3H3,(H,15,16). The van der Waals surface area contributed by atoms with Gasteiger partial charge in [-0.3, -0.25) is 4.79 Å². The highest BCUT2D eigenvalue weighted by molar-refractivity contribution is 5.76. The molecule has 2 atom stereocenters. The third kappa shape index (κ3) is 6.03. The molecule has 2 N–H and O–H groups in total. The molecule has 0 aromatic carbocycles. The van der Waals surface area contributed by atoms with Crippen molar-refractivity contribution in [1.82, 2.24) is 10.6 Å². The monoisotopic (exact) mass is 242 g/mol. The van der Waals surface area contributed by atoms with Crippen molar-refractivity contribution in [2.24, 2.45) is 0 Å². The van der Waals surface area contributed by atoms with Gasteiger partial charge in [-0.05, 0) is 32.7 Å². The number of hydrogen-bond donors (Lipinski definition) is 2. The molecule has 0 saturated carbocycles. The van der Waals surface area contributed by atoms with Crippen LogP contribution in [0, 0.1) is 0 Å². The van der Waals surface area contributed by atoms with Gasteiger partial charge in [0.15, 0.2) is 0 Å². The van der Waals surface area contributed by atoms with Gasteiger partial charge in [0.05, 0.1) is 12.1 Å². The van der Waals surface area contributed by atoms with Crippen LogP contribution >= 0.6 is 0 Å². The minimum atomic E-state index is 0.138. The largest absolute Gasteiger partial charge is 0.376 e. The summed E-state index contributed by atoms with van der Waals surface area (Å²) in [7, 11) is 0. The molecule has 0 radical (unpaired) electrons. The van der Waals surface area contributed by atoms with Gasteiger partial charge < -0.3 is 15.4 Å². The van der Waals surface area contributed by atoms with Crippen LogP contribution in [0.2, 0.25) is 0 Å². The van der Waals surface area contributed by atoms with E-state index in [9.17, 15) is 4.79 Å². The normalized spacial score (nSPS) is 21.8. The first kappa shape index (κ1) is 14.5. The molecule has 1 amide bonds. The van der Waals surface area contributed by atoms with Gasteiger partial charge in [-0.15, -0.1) is 0 Å². The van der Waals surface area contributed by atoms with E-state index in [1.165, 1.54) is 0 Å². The van der Waals surface area contributed by atoms with Gasteiger partial charge in [0.25, 0.3) is 0 Å². The Morgan fingerprint density at radius 2 is 2.18 bits per heavy atom. The summed E-state index contributed by atoms with van der Waals surface area (Å²) in [5.74, 6) is 0.138. The molecule has 4 nitrogen and oxygen atoms in total. The summed E-state index contributed by atoms with van der Waals surface area (Å²) in [5.41, 5.74) is 0. The summed E-state index contributed by atoms with van der Waals surface area (Å²) in [6, 6.07) is 0.631. The van der Waals surface area contributed by atoms with Gasteiger partial charge in [-0.2, -0.15) is 0 Å². The summed E-state index contributed by atoms with van der Waals surface area (Å²) in [4.78, 5) is 11.7. The fraction of sp³-hybridized carbons (Fsp3) is 0.923. The fourth-order valence-corrected chi connectivity index (χ4v) is 2.06. The molecule has 17 heavy (non-hydrogen) atoms. The van der Waals surface area contributed by atoms with Gasteiger partial charge in [-0.25, -0.2) is 0 Å². The van der Waals surface area contributed by atoms with Crippen LogP contribution in [0.5, 0.6) is 0 Å². The molecule has 0 bridgehead atoms. The van der Waals surface area contributed by atoms with Crippen molar-refractivity contribution in [1.29, 1.82) is 0 Å². The quantitative estimate of drug-likeness (QED) is 0.664. The lowest BCUT2D eigenvalue weighted by Gasteiger charge is -2.20. The molecular weight excluding hydrogens is 216 g/mol. The second kappa shape index (κ2) is 7.67. The molecule has 1 heterocycles. The zero-order valence-corrected chi connectivity index (χ0v) is 11.3. The van der Waals surface area contributed by atoms with Crippen LogP contribution < -0.4 is 10.6 Å². The van der Waals surface area contributed by atoms with E-state index in [0.717, 1.165) is 32.4 Å². The maximum absolute atomic E-state index is 11.7.